The van der Waals surface area contributed by atoms with Gasteiger partial charge < -0.3 is 5.11 Å². The summed E-state index contributed by atoms with van der Waals surface area (Å²) in [4.78, 5) is 4.44. The summed E-state index contributed by atoms with van der Waals surface area (Å²) < 4.78 is 0. The molecule has 0 aliphatic heterocycles. The van der Waals surface area contributed by atoms with Crippen LogP contribution in [-0.2, 0) is 6.42 Å². The summed E-state index contributed by atoms with van der Waals surface area (Å²) in [5.74, 6) is 0. The Bertz CT molecular complexity index is 313. The highest BCUT2D eigenvalue weighted by Gasteiger charge is 2.29. The summed E-state index contributed by atoms with van der Waals surface area (Å²) >= 11 is 1.68. The minimum absolute atomic E-state index is 0.471. The van der Waals surface area contributed by atoms with Gasteiger partial charge in [0.2, 0.25) is 0 Å². The van der Waals surface area contributed by atoms with Crippen molar-refractivity contribution in [3.05, 3.63) is 16.1 Å². The van der Waals surface area contributed by atoms with Crippen molar-refractivity contribution in [3.8, 4) is 0 Å². The molecule has 0 spiro atoms. The Morgan fingerprint density at radius 3 is 2.53 bits per heavy atom. The Kier molecular flexibility index (Phi) is 3.42. The Morgan fingerprint density at radius 1 is 1.33 bits per heavy atom. The fourth-order valence-electron chi connectivity index (χ4n) is 2.33. The van der Waals surface area contributed by atoms with Crippen molar-refractivity contribution in [3.63, 3.8) is 0 Å². The molecule has 15 heavy (non-hydrogen) atoms. The summed E-state index contributed by atoms with van der Waals surface area (Å²) in [6.07, 6.45) is 7.54. The minimum atomic E-state index is -0.471. The van der Waals surface area contributed by atoms with E-state index in [1.165, 1.54) is 25.7 Å². The summed E-state index contributed by atoms with van der Waals surface area (Å²) in [6.45, 7) is 2.01. The van der Waals surface area contributed by atoms with E-state index in [0.29, 0.717) is 0 Å². The third-order valence-corrected chi connectivity index (χ3v) is 4.15. The number of aliphatic hydroxyl groups is 1. The van der Waals surface area contributed by atoms with E-state index in [-0.39, 0.29) is 0 Å². The molecular weight excluding hydrogens is 206 g/mol. The van der Waals surface area contributed by atoms with Gasteiger partial charge in [-0.25, -0.2) is 4.98 Å². The highest BCUT2D eigenvalue weighted by molar-refractivity contribution is 7.09. The summed E-state index contributed by atoms with van der Waals surface area (Å²) in [5, 5.41) is 13.6. The van der Waals surface area contributed by atoms with Crippen molar-refractivity contribution in [2.24, 2.45) is 0 Å². The van der Waals surface area contributed by atoms with E-state index in [1.807, 2.05) is 6.92 Å². The van der Waals surface area contributed by atoms with Gasteiger partial charge in [-0.1, -0.05) is 25.7 Å². The average molecular weight is 225 g/mol. The van der Waals surface area contributed by atoms with Gasteiger partial charge in [-0.3, -0.25) is 0 Å². The van der Waals surface area contributed by atoms with Crippen LogP contribution in [0.15, 0.2) is 5.38 Å². The van der Waals surface area contributed by atoms with Crippen molar-refractivity contribution in [2.45, 2.75) is 57.5 Å². The zero-order valence-electron chi connectivity index (χ0n) is 9.33. The molecule has 0 radical (unpaired) electrons. The first kappa shape index (κ1) is 11.1. The highest BCUT2D eigenvalue weighted by atomic mass is 32.1. The lowest BCUT2D eigenvalue weighted by atomic mass is 9.91. The number of thiazole rings is 1. The molecule has 1 heterocycles. The molecule has 0 bridgehead atoms. The van der Waals surface area contributed by atoms with Crippen LogP contribution in [0.3, 0.4) is 0 Å². The predicted molar refractivity (Wildman–Crippen MR) is 63.2 cm³/mol. The third-order valence-electron chi connectivity index (χ3n) is 3.18. The monoisotopic (exact) mass is 225 g/mol. The van der Waals surface area contributed by atoms with E-state index in [2.05, 4.69) is 10.4 Å². The largest absolute Gasteiger partial charge is 0.389 e. The quantitative estimate of drug-likeness (QED) is 0.785. The molecule has 1 N–H and O–H groups in total. The van der Waals surface area contributed by atoms with Crippen LogP contribution in [0, 0.1) is 6.92 Å². The Balaban J connectivity index is 2.02. The SMILES string of the molecule is Cc1csc(CC2(O)CCCCCC2)n1. The van der Waals surface area contributed by atoms with Gasteiger partial charge in [-0.15, -0.1) is 11.3 Å². The van der Waals surface area contributed by atoms with Gasteiger partial charge in [0, 0.05) is 17.5 Å². The second-order valence-electron chi connectivity index (χ2n) is 4.70. The van der Waals surface area contributed by atoms with Gasteiger partial charge in [0.25, 0.3) is 0 Å². The summed E-state index contributed by atoms with van der Waals surface area (Å²) in [5.41, 5.74) is 0.605. The second-order valence-corrected chi connectivity index (χ2v) is 5.64. The summed E-state index contributed by atoms with van der Waals surface area (Å²) in [6, 6.07) is 0. The maximum absolute atomic E-state index is 10.5. The van der Waals surface area contributed by atoms with Crippen molar-refractivity contribution >= 4 is 11.3 Å². The van der Waals surface area contributed by atoms with E-state index in [4.69, 9.17) is 0 Å². The second kappa shape index (κ2) is 4.62. The van der Waals surface area contributed by atoms with Crippen LogP contribution < -0.4 is 0 Å². The van der Waals surface area contributed by atoms with Gasteiger partial charge in [-0.05, 0) is 19.8 Å². The van der Waals surface area contributed by atoms with Crippen LogP contribution in [0.4, 0.5) is 0 Å². The van der Waals surface area contributed by atoms with Gasteiger partial charge in [-0.2, -0.15) is 0 Å². The molecule has 1 aliphatic carbocycles. The smallest absolute Gasteiger partial charge is 0.0956 e. The molecule has 84 valence electrons. The van der Waals surface area contributed by atoms with Gasteiger partial charge >= 0.3 is 0 Å². The molecule has 0 saturated heterocycles. The van der Waals surface area contributed by atoms with Crippen LogP contribution in [0.1, 0.15) is 49.2 Å². The lowest BCUT2D eigenvalue weighted by Crippen LogP contribution is -2.30. The van der Waals surface area contributed by atoms with Gasteiger partial charge in [0.15, 0.2) is 0 Å². The van der Waals surface area contributed by atoms with Crippen molar-refractivity contribution in [2.75, 3.05) is 0 Å². The molecule has 1 aromatic heterocycles. The molecule has 1 aliphatic rings. The predicted octanol–water partition coefficient (Wildman–Crippen LogP) is 3.08. The van der Waals surface area contributed by atoms with E-state index >= 15 is 0 Å². The molecule has 1 fully saturated rings. The van der Waals surface area contributed by atoms with Crippen LogP contribution >= 0.6 is 11.3 Å². The van der Waals surface area contributed by atoms with E-state index in [9.17, 15) is 5.11 Å². The van der Waals surface area contributed by atoms with Crippen LogP contribution in [0.25, 0.3) is 0 Å². The number of aromatic nitrogens is 1. The lowest BCUT2D eigenvalue weighted by Gasteiger charge is -2.25. The number of hydrogen-bond acceptors (Lipinski definition) is 3. The zero-order valence-corrected chi connectivity index (χ0v) is 10.1. The molecule has 0 amide bonds. The normalized spacial score (nSPS) is 21.2. The van der Waals surface area contributed by atoms with Crippen molar-refractivity contribution in [1.29, 1.82) is 0 Å². The van der Waals surface area contributed by atoms with Crippen molar-refractivity contribution in [1.82, 2.24) is 4.98 Å². The first-order valence-corrected chi connectivity index (χ1v) is 6.69. The number of hydrogen-bond donors (Lipinski definition) is 1. The Labute approximate surface area is 95.4 Å². The molecule has 2 rings (SSSR count). The molecule has 0 atom stereocenters. The molecule has 1 saturated carbocycles. The zero-order chi connectivity index (χ0) is 10.7. The van der Waals surface area contributed by atoms with E-state index in [0.717, 1.165) is 30.0 Å². The Hall–Kier alpha value is -0.410. The first-order valence-electron chi connectivity index (χ1n) is 5.81. The molecule has 0 aromatic carbocycles. The molecule has 0 unspecified atom stereocenters. The van der Waals surface area contributed by atoms with Crippen LogP contribution in [0.5, 0.6) is 0 Å². The van der Waals surface area contributed by atoms with E-state index < -0.39 is 5.60 Å². The first-order chi connectivity index (χ1) is 7.18. The average Bonchev–Trinajstić information content (AvgIpc) is 2.46. The third kappa shape index (κ3) is 3.02. The van der Waals surface area contributed by atoms with Gasteiger partial charge in [0.05, 0.1) is 10.6 Å². The Morgan fingerprint density at radius 2 is 2.00 bits per heavy atom. The number of rotatable bonds is 2. The maximum atomic E-state index is 10.5. The van der Waals surface area contributed by atoms with Crippen LogP contribution in [-0.4, -0.2) is 15.7 Å². The fraction of sp³-hybridized carbons (Fsp3) is 0.750. The highest BCUT2D eigenvalue weighted by Crippen LogP contribution is 2.30. The summed E-state index contributed by atoms with van der Waals surface area (Å²) in [7, 11) is 0. The minimum Gasteiger partial charge on any atom is -0.389 e. The number of aryl methyl sites for hydroxylation is 1. The maximum Gasteiger partial charge on any atom is 0.0956 e. The standard InChI is InChI=1S/C12H19NOS/c1-10-9-15-11(13-10)8-12(14)6-4-2-3-5-7-12/h9,14H,2-8H2,1H3. The lowest BCUT2D eigenvalue weighted by molar-refractivity contribution is 0.0252. The van der Waals surface area contributed by atoms with Crippen LogP contribution in [0.2, 0.25) is 0 Å². The number of nitrogens with zero attached hydrogens (tertiary/aromatic N) is 1. The fourth-order valence-corrected chi connectivity index (χ4v) is 3.24. The molecule has 1 aromatic rings. The molecule has 2 nitrogen and oxygen atoms in total. The van der Waals surface area contributed by atoms with Gasteiger partial charge in [0.1, 0.15) is 0 Å². The molecule has 3 heteroatoms. The van der Waals surface area contributed by atoms with E-state index in [1.54, 1.807) is 11.3 Å². The topological polar surface area (TPSA) is 33.1 Å². The van der Waals surface area contributed by atoms with Crippen molar-refractivity contribution < 1.29 is 5.11 Å². The molecular formula is C12H19NOS.